The van der Waals surface area contributed by atoms with Crippen LogP contribution in [0.25, 0.3) is 0 Å². The fraction of sp³-hybridized carbons (Fsp3) is 0.438. The molecule has 1 aromatic rings. The number of nitrogens with one attached hydrogen (secondary N) is 1. The second-order valence-electron chi connectivity index (χ2n) is 5.76. The maximum absolute atomic E-state index is 12.0. The Morgan fingerprint density at radius 3 is 2.61 bits per heavy atom. The van der Waals surface area contributed by atoms with Crippen molar-refractivity contribution >= 4 is 17.9 Å². The van der Waals surface area contributed by atoms with Gasteiger partial charge in [0.25, 0.3) is 0 Å². The molecule has 2 atom stereocenters. The maximum atomic E-state index is 12.0. The van der Waals surface area contributed by atoms with Gasteiger partial charge in [0.1, 0.15) is 6.54 Å². The number of hydrogen-bond acceptors (Lipinski definition) is 3. The van der Waals surface area contributed by atoms with Crippen molar-refractivity contribution in [2.24, 2.45) is 5.92 Å². The summed E-state index contributed by atoms with van der Waals surface area (Å²) < 4.78 is 0. The molecule has 0 spiro atoms. The smallest absolute Gasteiger partial charge is 0.323 e. The summed E-state index contributed by atoms with van der Waals surface area (Å²) in [7, 11) is 3.18. The van der Waals surface area contributed by atoms with Crippen LogP contribution >= 0.6 is 0 Å². The first-order valence-electron chi connectivity index (χ1n) is 7.41. The van der Waals surface area contributed by atoms with Gasteiger partial charge in [0, 0.05) is 33.0 Å². The van der Waals surface area contributed by atoms with E-state index in [1.165, 1.54) is 7.05 Å². The Morgan fingerprint density at radius 2 is 2.00 bits per heavy atom. The number of likely N-dealkylation sites (tertiary alicyclic amines) is 1. The summed E-state index contributed by atoms with van der Waals surface area (Å²) in [4.78, 5) is 37.3. The molecule has 1 aromatic carbocycles. The van der Waals surface area contributed by atoms with Crippen LogP contribution in [0.4, 0.5) is 4.79 Å². The van der Waals surface area contributed by atoms with E-state index >= 15 is 0 Å². The largest absolute Gasteiger partial charge is 0.480 e. The van der Waals surface area contributed by atoms with Crippen molar-refractivity contribution < 1.29 is 19.5 Å². The van der Waals surface area contributed by atoms with Crippen molar-refractivity contribution in [1.29, 1.82) is 0 Å². The Morgan fingerprint density at radius 1 is 1.35 bits per heavy atom. The average molecular weight is 319 g/mol. The van der Waals surface area contributed by atoms with Crippen LogP contribution in [0, 0.1) is 5.92 Å². The number of amides is 3. The van der Waals surface area contributed by atoms with Gasteiger partial charge in [0.05, 0.1) is 6.04 Å². The first-order valence-corrected chi connectivity index (χ1v) is 7.41. The fourth-order valence-corrected chi connectivity index (χ4v) is 2.91. The normalized spacial score (nSPS) is 20.4. The highest BCUT2D eigenvalue weighted by molar-refractivity contribution is 5.81. The number of carboxylic acids is 1. The number of likely N-dealkylation sites (N-methyl/N-ethyl adjacent to an activating group) is 1. The second kappa shape index (κ2) is 7.13. The van der Waals surface area contributed by atoms with Crippen molar-refractivity contribution in [3.05, 3.63) is 35.9 Å². The highest BCUT2D eigenvalue weighted by Crippen LogP contribution is 2.36. The Bertz CT molecular complexity index is 590. The van der Waals surface area contributed by atoms with Crippen molar-refractivity contribution in [2.45, 2.75) is 12.5 Å². The molecule has 2 rings (SSSR count). The standard InChI is InChI=1S/C16H21N3O4/c1-18(10-14(21)22)16(23)17-9-12-8-13(20)19(2)15(12)11-6-4-3-5-7-11/h3-7,12,15H,8-10H2,1-2H3,(H,17,23)(H,21,22)/t12-,15-/m0/s1. The first kappa shape index (κ1) is 16.8. The zero-order chi connectivity index (χ0) is 17.0. The van der Waals surface area contributed by atoms with Crippen LogP contribution in [0.1, 0.15) is 18.0 Å². The minimum Gasteiger partial charge on any atom is -0.480 e. The van der Waals surface area contributed by atoms with E-state index in [4.69, 9.17) is 5.11 Å². The number of aliphatic carboxylic acids is 1. The minimum absolute atomic E-state index is 0.0389. The molecule has 124 valence electrons. The summed E-state index contributed by atoms with van der Waals surface area (Å²) in [5, 5.41) is 11.4. The molecule has 1 fully saturated rings. The topological polar surface area (TPSA) is 90.0 Å². The van der Waals surface area contributed by atoms with Gasteiger partial charge in [-0.05, 0) is 5.56 Å². The lowest BCUT2D eigenvalue weighted by Gasteiger charge is -2.26. The third-order valence-corrected chi connectivity index (χ3v) is 4.07. The molecule has 23 heavy (non-hydrogen) atoms. The summed E-state index contributed by atoms with van der Waals surface area (Å²) >= 11 is 0. The van der Waals surface area contributed by atoms with Crippen LogP contribution in [-0.4, -0.2) is 60.0 Å². The number of carbonyl (C=O) groups excluding carboxylic acids is 2. The van der Waals surface area contributed by atoms with Crippen LogP contribution in [0.15, 0.2) is 30.3 Å². The van der Waals surface area contributed by atoms with Gasteiger partial charge >= 0.3 is 12.0 Å². The molecule has 0 aromatic heterocycles. The highest BCUT2D eigenvalue weighted by Gasteiger charge is 2.38. The van der Waals surface area contributed by atoms with Gasteiger partial charge < -0.3 is 20.2 Å². The van der Waals surface area contributed by atoms with Crippen LogP contribution in [0.3, 0.4) is 0 Å². The van der Waals surface area contributed by atoms with Crippen LogP contribution in [-0.2, 0) is 9.59 Å². The van der Waals surface area contributed by atoms with Crippen LogP contribution in [0.2, 0.25) is 0 Å². The van der Waals surface area contributed by atoms with Crippen LogP contribution in [0.5, 0.6) is 0 Å². The number of benzene rings is 1. The number of nitrogens with zero attached hydrogens (tertiary/aromatic N) is 2. The Hall–Kier alpha value is -2.57. The molecule has 7 heteroatoms. The number of urea groups is 1. The lowest BCUT2D eigenvalue weighted by atomic mass is 9.94. The first-order chi connectivity index (χ1) is 10.9. The highest BCUT2D eigenvalue weighted by atomic mass is 16.4. The molecular weight excluding hydrogens is 298 g/mol. The molecule has 7 nitrogen and oxygen atoms in total. The van der Waals surface area contributed by atoms with Crippen molar-refractivity contribution in [3.8, 4) is 0 Å². The van der Waals surface area contributed by atoms with E-state index in [1.54, 1.807) is 11.9 Å². The molecule has 2 N–H and O–H groups in total. The predicted molar refractivity (Wildman–Crippen MR) is 83.7 cm³/mol. The molecule has 1 aliphatic rings. The summed E-state index contributed by atoms with van der Waals surface area (Å²) in [6, 6.07) is 9.13. The zero-order valence-electron chi connectivity index (χ0n) is 13.2. The van der Waals surface area contributed by atoms with Gasteiger partial charge in [-0.1, -0.05) is 30.3 Å². The average Bonchev–Trinajstić information content (AvgIpc) is 2.80. The Balaban J connectivity index is 2.02. The van der Waals surface area contributed by atoms with Crippen LogP contribution < -0.4 is 5.32 Å². The summed E-state index contributed by atoms with van der Waals surface area (Å²) in [5.41, 5.74) is 1.03. The molecule has 1 heterocycles. The van der Waals surface area contributed by atoms with Gasteiger partial charge in [-0.2, -0.15) is 0 Å². The van der Waals surface area contributed by atoms with Crippen molar-refractivity contribution in [1.82, 2.24) is 15.1 Å². The third-order valence-electron chi connectivity index (χ3n) is 4.07. The molecule has 0 aliphatic carbocycles. The SMILES string of the molecule is CN(CC(=O)O)C(=O)NC[C@@H]1CC(=O)N(C)[C@H]1c1ccccc1. The molecule has 1 saturated heterocycles. The zero-order valence-corrected chi connectivity index (χ0v) is 13.2. The monoisotopic (exact) mass is 319 g/mol. The van der Waals surface area contributed by atoms with E-state index in [9.17, 15) is 14.4 Å². The second-order valence-corrected chi connectivity index (χ2v) is 5.76. The quantitative estimate of drug-likeness (QED) is 0.845. The van der Waals surface area contributed by atoms with E-state index < -0.39 is 12.0 Å². The van der Waals surface area contributed by atoms with E-state index in [0.717, 1.165) is 10.5 Å². The van der Waals surface area contributed by atoms with Crippen molar-refractivity contribution in [2.75, 3.05) is 27.2 Å². The number of rotatable bonds is 5. The predicted octanol–water partition coefficient (Wildman–Crippen LogP) is 0.932. The number of hydrogen-bond donors (Lipinski definition) is 2. The van der Waals surface area contributed by atoms with E-state index in [-0.39, 0.29) is 24.4 Å². The molecule has 0 bridgehead atoms. The summed E-state index contributed by atoms with van der Waals surface area (Å²) in [5.74, 6) is -1.07. The molecule has 0 saturated carbocycles. The lowest BCUT2D eigenvalue weighted by Crippen LogP contribution is -2.42. The summed E-state index contributed by atoms with van der Waals surface area (Å²) in [6.45, 7) is -0.0458. The number of carboxylic acid groups (broad SMARTS) is 1. The maximum Gasteiger partial charge on any atom is 0.323 e. The lowest BCUT2D eigenvalue weighted by molar-refractivity contribution is -0.137. The van der Waals surface area contributed by atoms with Gasteiger partial charge in [-0.25, -0.2) is 4.79 Å². The molecule has 0 radical (unpaired) electrons. The Kier molecular flexibility index (Phi) is 5.20. The minimum atomic E-state index is -1.07. The van der Waals surface area contributed by atoms with Gasteiger partial charge in [-0.3, -0.25) is 9.59 Å². The molecular formula is C16H21N3O4. The number of carbonyl (C=O) groups is 3. The fourth-order valence-electron chi connectivity index (χ4n) is 2.91. The van der Waals surface area contributed by atoms with Gasteiger partial charge in [0.2, 0.25) is 5.91 Å². The third kappa shape index (κ3) is 4.00. The summed E-state index contributed by atoms with van der Waals surface area (Å²) in [6.07, 6.45) is 0.360. The molecule has 1 aliphatic heterocycles. The van der Waals surface area contributed by atoms with Crippen molar-refractivity contribution in [3.63, 3.8) is 0 Å². The molecule has 3 amide bonds. The Labute approximate surface area is 134 Å². The van der Waals surface area contributed by atoms with E-state index in [0.29, 0.717) is 13.0 Å². The van der Waals surface area contributed by atoms with E-state index in [2.05, 4.69) is 5.32 Å². The van der Waals surface area contributed by atoms with Gasteiger partial charge in [0.15, 0.2) is 0 Å². The molecule has 0 unspecified atom stereocenters. The van der Waals surface area contributed by atoms with E-state index in [1.807, 2.05) is 30.3 Å². The van der Waals surface area contributed by atoms with Gasteiger partial charge in [-0.15, -0.1) is 0 Å².